The Balaban J connectivity index is 2.12. The second-order valence-corrected chi connectivity index (χ2v) is 5.60. The van der Waals surface area contributed by atoms with Crippen LogP contribution in [-0.4, -0.2) is 33.3 Å². The molecular formula is C16H20N2O3. The lowest BCUT2D eigenvalue weighted by Crippen LogP contribution is -2.19. The monoisotopic (exact) mass is 288 g/mol. The maximum absolute atomic E-state index is 11.5. The van der Waals surface area contributed by atoms with Gasteiger partial charge in [0, 0.05) is 12.5 Å². The molecule has 0 saturated heterocycles. The molecule has 1 saturated carbocycles. The normalized spacial score (nSPS) is 16.3. The van der Waals surface area contributed by atoms with Crippen LogP contribution in [0, 0.1) is 0 Å². The molecule has 1 aromatic heterocycles. The van der Waals surface area contributed by atoms with Gasteiger partial charge >= 0.3 is 5.97 Å². The van der Waals surface area contributed by atoms with Gasteiger partial charge in [0.05, 0.1) is 29.2 Å². The van der Waals surface area contributed by atoms with Crippen LogP contribution >= 0.6 is 0 Å². The minimum Gasteiger partial charge on any atom is -0.478 e. The molecule has 1 N–H and O–H groups in total. The van der Waals surface area contributed by atoms with Crippen molar-refractivity contribution in [3.05, 3.63) is 29.6 Å². The Morgan fingerprint density at radius 1 is 1.52 bits per heavy atom. The number of imidazole rings is 1. The summed E-state index contributed by atoms with van der Waals surface area (Å²) in [4.78, 5) is 16.2. The fourth-order valence-corrected chi connectivity index (χ4v) is 2.81. The second kappa shape index (κ2) is 5.48. The summed E-state index contributed by atoms with van der Waals surface area (Å²) >= 11 is 0. The Kier molecular flexibility index (Phi) is 3.68. The Bertz CT molecular complexity index is 673. The number of ether oxygens (including phenoxy) is 1. The predicted octanol–water partition coefficient (Wildman–Crippen LogP) is 3.04. The van der Waals surface area contributed by atoms with Crippen molar-refractivity contribution in [1.29, 1.82) is 0 Å². The molecule has 5 heteroatoms. The summed E-state index contributed by atoms with van der Waals surface area (Å²) in [5.74, 6) is 0.561. The van der Waals surface area contributed by atoms with Crippen molar-refractivity contribution in [1.82, 2.24) is 9.55 Å². The number of benzene rings is 1. The van der Waals surface area contributed by atoms with Crippen LogP contribution in [0.15, 0.2) is 18.2 Å². The number of hydrogen-bond acceptors (Lipinski definition) is 3. The maximum atomic E-state index is 11.5. The molecule has 0 amide bonds. The largest absolute Gasteiger partial charge is 0.478 e. The quantitative estimate of drug-likeness (QED) is 0.887. The van der Waals surface area contributed by atoms with Crippen molar-refractivity contribution in [3.8, 4) is 0 Å². The lowest BCUT2D eigenvalue weighted by Gasteiger charge is -2.16. The molecule has 3 rings (SSSR count). The molecule has 112 valence electrons. The number of fused-ring (bicyclic) bond motifs is 1. The van der Waals surface area contributed by atoms with E-state index in [2.05, 4.69) is 9.55 Å². The molecule has 1 aliphatic rings. The molecule has 0 bridgehead atoms. The summed E-state index contributed by atoms with van der Waals surface area (Å²) in [5.41, 5.74) is 1.80. The number of aromatic nitrogens is 2. The van der Waals surface area contributed by atoms with E-state index in [1.54, 1.807) is 12.1 Å². The summed E-state index contributed by atoms with van der Waals surface area (Å²) in [5, 5.41) is 9.44. The fraction of sp³-hybridized carbons (Fsp3) is 0.500. The highest BCUT2D eigenvalue weighted by molar-refractivity contribution is 6.01. The first-order chi connectivity index (χ1) is 10.1. The van der Waals surface area contributed by atoms with Crippen LogP contribution in [0.2, 0.25) is 0 Å². The van der Waals surface area contributed by atoms with Gasteiger partial charge < -0.3 is 14.4 Å². The smallest absolute Gasteiger partial charge is 0.337 e. The standard InChI is InChI=1S/C16H20N2O3/c1-3-21-10(2)9-18-14-12(16(19)20)5-4-6-13(14)17-15(18)11-7-8-11/h4-6,10-11H,3,7-9H2,1-2H3,(H,19,20). The molecule has 1 aliphatic carbocycles. The number of rotatable bonds is 6. The van der Waals surface area contributed by atoms with Crippen molar-refractivity contribution in [2.45, 2.75) is 45.3 Å². The number of nitrogens with zero attached hydrogens (tertiary/aromatic N) is 2. The highest BCUT2D eigenvalue weighted by Gasteiger charge is 2.31. The first-order valence-corrected chi connectivity index (χ1v) is 7.45. The molecule has 21 heavy (non-hydrogen) atoms. The van der Waals surface area contributed by atoms with Crippen molar-refractivity contribution in [2.75, 3.05) is 6.61 Å². The molecule has 0 radical (unpaired) electrons. The summed E-state index contributed by atoms with van der Waals surface area (Å²) in [7, 11) is 0. The van der Waals surface area contributed by atoms with Crippen molar-refractivity contribution < 1.29 is 14.6 Å². The van der Waals surface area contributed by atoms with E-state index in [4.69, 9.17) is 4.74 Å². The van der Waals surface area contributed by atoms with Crippen molar-refractivity contribution in [2.24, 2.45) is 0 Å². The summed E-state index contributed by atoms with van der Waals surface area (Å²) in [6.45, 7) is 5.27. The lowest BCUT2D eigenvalue weighted by atomic mass is 10.2. The molecule has 1 aromatic carbocycles. The van der Waals surface area contributed by atoms with Gasteiger partial charge in [-0.1, -0.05) is 6.07 Å². The van der Waals surface area contributed by atoms with Gasteiger partial charge in [-0.3, -0.25) is 0 Å². The van der Waals surface area contributed by atoms with Crippen LogP contribution in [-0.2, 0) is 11.3 Å². The molecule has 1 fully saturated rings. The zero-order valence-corrected chi connectivity index (χ0v) is 12.4. The molecule has 0 aliphatic heterocycles. The van der Waals surface area contributed by atoms with Gasteiger partial charge in [-0.2, -0.15) is 0 Å². The van der Waals surface area contributed by atoms with Crippen LogP contribution < -0.4 is 0 Å². The minimum absolute atomic E-state index is 0.0340. The third kappa shape index (κ3) is 2.65. The summed E-state index contributed by atoms with van der Waals surface area (Å²) in [6, 6.07) is 5.28. The third-order valence-electron chi connectivity index (χ3n) is 3.86. The van der Waals surface area contributed by atoms with Gasteiger partial charge in [-0.25, -0.2) is 9.78 Å². The number of carbonyl (C=O) groups is 1. The Morgan fingerprint density at radius 3 is 2.90 bits per heavy atom. The van der Waals surface area contributed by atoms with Gasteiger partial charge in [0.2, 0.25) is 0 Å². The molecule has 1 unspecified atom stereocenters. The number of hydrogen-bond donors (Lipinski definition) is 1. The molecule has 2 aromatic rings. The number of carboxylic acids is 1. The SMILES string of the molecule is CCOC(C)Cn1c(C2CC2)nc2cccc(C(=O)O)c21. The average Bonchev–Trinajstić information content (AvgIpc) is 3.22. The molecule has 0 spiro atoms. The highest BCUT2D eigenvalue weighted by Crippen LogP contribution is 2.41. The zero-order valence-electron chi connectivity index (χ0n) is 12.4. The summed E-state index contributed by atoms with van der Waals surface area (Å²) in [6.07, 6.45) is 2.30. The van der Waals surface area contributed by atoms with E-state index in [0.29, 0.717) is 24.6 Å². The highest BCUT2D eigenvalue weighted by atomic mass is 16.5. The fourth-order valence-electron chi connectivity index (χ4n) is 2.81. The van der Waals surface area contributed by atoms with Crippen LogP contribution in [0.5, 0.6) is 0 Å². The number of carboxylic acid groups (broad SMARTS) is 1. The Hall–Kier alpha value is -1.88. The number of para-hydroxylation sites is 1. The lowest BCUT2D eigenvalue weighted by molar-refractivity contribution is 0.0636. The molecule has 1 heterocycles. The van der Waals surface area contributed by atoms with Crippen molar-refractivity contribution in [3.63, 3.8) is 0 Å². The van der Waals surface area contributed by atoms with E-state index >= 15 is 0 Å². The molecule has 1 atom stereocenters. The van der Waals surface area contributed by atoms with Gasteiger partial charge in [0.25, 0.3) is 0 Å². The summed E-state index contributed by atoms with van der Waals surface area (Å²) < 4.78 is 7.68. The molecule has 5 nitrogen and oxygen atoms in total. The van der Waals surface area contributed by atoms with Gasteiger partial charge in [-0.15, -0.1) is 0 Å². The van der Waals surface area contributed by atoms with Crippen LogP contribution in [0.3, 0.4) is 0 Å². The minimum atomic E-state index is -0.909. The second-order valence-electron chi connectivity index (χ2n) is 5.60. The van der Waals surface area contributed by atoms with E-state index in [1.165, 1.54) is 0 Å². The van der Waals surface area contributed by atoms with Gasteiger partial charge in [0.1, 0.15) is 5.82 Å². The van der Waals surface area contributed by atoms with E-state index < -0.39 is 5.97 Å². The van der Waals surface area contributed by atoms with E-state index in [0.717, 1.165) is 29.7 Å². The van der Waals surface area contributed by atoms with E-state index in [9.17, 15) is 9.90 Å². The molecular weight excluding hydrogens is 268 g/mol. The predicted molar refractivity (Wildman–Crippen MR) is 79.8 cm³/mol. The number of aromatic carboxylic acids is 1. The first-order valence-electron chi connectivity index (χ1n) is 7.45. The zero-order chi connectivity index (χ0) is 15.0. The van der Waals surface area contributed by atoms with Crippen LogP contribution in [0.1, 0.15) is 48.8 Å². The first kappa shape index (κ1) is 14.1. The van der Waals surface area contributed by atoms with E-state index in [-0.39, 0.29) is 6.10 Å². The van der Waals surface area contributed by atoms with Gasteiger partial charge in [0.15, 0.2) is 0 Å². The average molecular weight is 288 g/mol. The van der Waals surface area contributed by atoms with Crippen LogP contribution in [0.4, 0.5) is 0 Å². The Morgan fingerprint density at radius 2 is 2.29 bits per heavy atom. The van der Waals surface area contributed by atoms with Gasteiger partial charge in [-0.05, 0) is 38.8 Å². The Labute approximate surface area is 123 Å². The van der Waals surface area contributed by atoms with Crippen molar-refractivity contribution >= 4 is 17.0 Å². The van der Waals surface area contributed by atoms with E-state index in [1.807, 2.05) is 19.9 Å². The van der Waals surface area contributed by atoms with Crippen LogP contribution in [0.25, 0.3) is 11.0 Å². The third-order valence-corrected chi connectivity index (χ3v) is 3.86. The topological polar surface area (TPSA) is 64.4 Å². The maximum Gasteiger partial charge on any atom is 0.337 e.